The van der Waals surface area contributed by atoms with E-state index < -0.39 is 0 Å². The van der Waals surface area contributed by atoms with Crippen LogP contribution in [0.3, 0.4) is 0 Å². The lowest BCUT2D eigenvalue weighted by atomic mass is 10.2. The van der Waals surface area contributed by atoms with E-state index in [4.69, 9.17) is 5.26 Å². The lowest BCUT2D eigenvalue weighted by Gasteiger charge is -2.21. The number of nitrogens with zero attached hydrogens (tertiary/aromatic N) is 2. The van der Waals surface area contributed by atoms with Crippen molar-refractivity contribution >= 4 is 5.91 Å². The Kier molecular flexibility index (Phi) is 3.90. The van der Waals surface area contributed by atoms with Crippen LogP contribution in [-0.2, 0) is 4.79 Å². The van der Waals surface area contributed by atoms with Gasteiger partial charge in [0.05, 0.1) is 18.2 Å². The fraction of sp³-hybridized carbons (Fsp3) is 0.800. The molecule has 1 N–H and O–H groups in total. The summed E-state index contributed by atoms with van der Waals surface area (Å²) >= 11 is 0. The summed E-state index contributed by atoms with van der Waals surface area (Å²) in [4.78, 5) is 13.6. The number of nitrogens with one attached hydrogen (secondary N) is 1. The summed E-state index contributed by atoms with van der Waals surface area (Å²) in [6, 6.07) is 1.54. The second-order valence-electron chi connectivity index (χ2n) is 3.77. The minimum atomic E-state index is -0.267. The summed E-state index contributed by atoms with van der Waals surface area (Å²) in [5.74, 6) is 0.115. The predicted molar refractivity (Wildman–Crippen MR) is 53.5 cm³/mol. The molecule has 0 aromatic carbocycles. The molecule has 0 aromatic heterocycles. The third-order valence-electron chi connectivity index (χ3n) is 2.48. The van der Waals surface area contributed by atoms with Gasteiger partial charge in [0.25, 0.3) is 0 Å². The summed E-state index contributed by atoms with van der Waals surface area (Å²) in [6.07, 6.45) is 2.21. The molecule has 1 fully saturated rings. The molecule has 4 nitrogen and oxygen atoms in total. The van der Waals surface area contributed by atoms with Crippen LogP contribution in [0.1, 0.15) is 26.7 Å². The van der Waals surface area contributed by atoms with Gasteiger partial charge in [-0.1, -0.05) is 0 Å². The summed E-state index contributed by atoms with van der Waals surface area (Å²) in [6.45, 7) is 5.31. The van der Waals surface area contributed by atoms with Crippen molar-refractivity contribution in [2.45, 2.75) is 38.8 Å². The van der Waals surface area contributed by atoms with Crippen molar-refractivity contribution < 1.29 is 4.79 Å². The Balaban J connectivity index is 2.40. The number of amides is 1. The average molecular weight is 195 g/mol. The number of carbonyl (C=O) groups is 1. The highest BCUT2D eigenvalue weighted by molar-refractivity contribution is 5.81. The smallest absolute Gasteiger partial charge is 0.239 e. The van der Waals surface area contributed by atoms with E-state index in [0.29, 0.717) is 0 Å². The molecule has 4 heteroatoms. The zero-order chi connectivity index (χ0) is 10.6. The first-order valence-electron chi connectivity index (χ1n) is 5.09. The van der Waals surface area contributed by atoms with Crippen molar-refractivity contribution in [3.63, 3.8) is 0 Å². The molecular weight excluding hydrogens is 178 g/mol. The largest absolute Gasteiger partial charge is 0.341 e. The van der Waals surface area contributed by atoms with E-state index in [1.54, 1.807) is 6.92 Å². The maximum atomic E-state index is 11.8. The van der Waals surface area contributed by atoms with Gasteiger partial charge in [-0.3, -0.25) is 10.1 Å². The summed E-state index contributed by atoms with van der Waals surface area (Å²) in [5, 5.41) is 11.5. The number of rotatable bonds is 3. The monoisotopic (exact) mass is 195 g/mol. The van der Waals surface area contributed by atoms with Gasteiger partial charge in [0.15, 0.2) is 0 Å². The van der Waals surface area contributed by atoms with E-state index in [-0.39, 0.29) is 18.0 Å². The van der Waals surface area contributed by atoms with Crippen LogP contribution in [0.2, 0.25) is 0 Å². The molecule has 0 aromatic rings. The Bertz CT molecular complexity index is 240. The first-order valence-corrected chi connectivity index (χ1v) is 5.09. The molecule has 0 aliphatic carbocycles. The molecule has 0 spiro atoms. The van der Waals surface area contributed by atoms with Gasteiger partial charge < -0.3 is 4.90 Å². The van der Waals surface area contributed by atoms with Crippen LogP contribution in [0.15, 0.2) is 0 Å². The Morgan fingerprint density at radius 1 is 1.43 bits per heavy atom. The topological polar surface area (TPSA) is 56.1 Å². The average Bonchev–Trinajstić information content (AvgIpc) is 2.69. The molecular formula is C10H17N3O. The third kappa shape index (κ3) is 2.71. The predicted octanol–water partition coefficient (Wildman–Crippen LogP) is 0.499. The Hall–Kier alpha value is -1.08. The summed E-state index contributed by atoms with van der Waals surface area (Å²) in [5.41, 5.74) is 0. The highest BCUT2D eigenvalue weighted by atomic mass is 16.2. The second kappa shape index (κ2) is 4.97. The minimum absolute atomic E-state index is 0.115. The number of hydrogen-bond acceptors (Lipinski definition) is 3. The standard InChI is InChI=1S/C10H17N3O/c1-8(7-11)12-9(2)10(14)13-5-3-4-6-13/h8-9,12H,3-6H2,1-2H3. The van der Waals surface area contributed by atoms with E-state index in [1.165, 1.54) is 0 Å². The Morgan fingerprint density at radius 2 is 2.00 bits per heavy atom. The number of hydrogen-bond donors (Lipinski definition) is 1. The van der Waals surface area contributed by atoms with Crippen molar-refractivity contribution in [1.29, 1.82) is 5.26 Å². The van der Waals surface area contributed by atoms with Gasteiger partial charge in [0.1, 0.15) is 0 Å². The normalized spacial score (nSPS) is 20.2. The van der Waals surface area contributed by atoms with Gasteiger partial charge in [0, 0.05) is 13.1 Å². The third-order valence-corrected chi connectivity index (χ3v) is 2.48. The molecule has 1 saturated heterocycles. The van der Waals surface area contributed by atoms with Crippen molar-refractivity contribution in [2.75, 3.05) is 13.1 Å². The number of carbonyl (C=O) groups excluding carboxylic acids is 1. The maximum absolute atomic E-state index is 11.8. The van der Waals surface area contributed by atoms with Crippen LogP contribution in [0.4, 0.5) is 0 Å². The molecule has 2 atom stereocenters. The lowest BCUT2D eigenvalue weighted by molar-refractivity contribution is -0.132. The van der Waals surface area contributed by atoms with Gasteiger partial charge in [-0.15, -0.1) is 0 Å². The fourth-order valence-corrected chi connectivity index (χ4v) is 1.69. The molecule has 14 heavy (non-hydrogen) atoms. The van der Waals surface area contributed by atoms with Crippen molar-refractivity contribution in [3.05, 3.63) is 0 Å². The van der Waals surface area contributed by atoms with Crippen LogP contribution in [0.5, 0.6) is 0 Å². The van der Waals surface area contributed by atoms with E-state index in [2.05, 4.69) is 11.4 Å². The molecule has 2 unspecified atom stereocenters. The Labute approximate surface area is 84.9 Å². The molecule has 0 saturated carbocycles. The maximum Gasteiger partial charge on any atom is 0.239 e. The Morgan fingerprint density at radius 3 is 2.50 bits per heavy atom. The van der Waals surface area contributed by atoms with Gasteiger partial charge in [-0.25, -0.2) is 0 Å². The van der Waals surface area contributed by atoms with Crippen molar-refractivity contribution in [1.82, 2.24) is 10.2 Å². The highest BCUT2D eigenvalue weighted by Crippen LogP contribution is 2.09. The van der Waals surface area contributed by atoms with Crippen LogP contribution >= 0.6 is 0 Å². The molecule has 1 amide bonds. The zero-order valence-corrected chi connectivity index (χ0v) is 8.79. The number of nitriles is 1. The van der Waals surface area contributed by atoms with Gasteiger partial charge in [-0.2, -0.15) is 5.26 Å². The van der Waals surface area contributed by atoms with Crippen molar-refractivity contribution in [2.24, 2.45) is 0 Å². The first-order chi connectivity index (χ1) is 6.65. The molecule has 1 aliphatic rings. The molecule has 1 rings (SSSR count). The van der Waals surface area contributed by atoms with E-state index in [1.807, 2.05) is 11.8 Å². The molecule has 0 bridgehead atoms. The van der Waals surface area contributed by atoms with Crippen LogP contribution in [0.25, 0.3) is 0 Å². The van der Waals surface area contributed by atoms with Crippen LogP contribution < -0.4 is 5.32 Å². The molecule has 78 valence electrons. The molecule has 0 radical (unpaired) electrons. The van der Waals surface area contributed by atoms with Crippen LogP contribution in [0, 0.1) is 11.3 Å². The minimum Gasteiger partial charge on any atom is -0.341 e. The van der Waals surface area contributed by atoms with Gasteiger partial charge in [-0.05, 0) is 26.7 Å². The second-order valence-corrected chi connectivity index (χ2v) is 3.77. The summed E-state index contributed by atoms with van der Waals surface area (Å²) in [7, 11) is 0. The zero-order valence-electron chi connectivity index (χ0n) is 8.79. The summed E-state index contributed by atoms with van der Waals surface area (Å²) < 4.78 is 0. The van der Waals surface area contributed by atoms with E-state index in [9.17, 15) is 4.79 Å². The molecule has 1 heterocycles. The SMILES string of the molecule is CC(C#N)NC(C)C(=O)N1CCCC1. The van der Waals surface area contributed by atoms with E-state index in [0.717, 1.165) is 25.9 Å². The highest BCUT2D eigenvalue weighted by Gasteiger charge is 2.23. The molecule has 1 aliphatic heterocycles. The number of likely N-dealkylation sites (tertiary alicyclic amines) is 1. The van der Waals surface area contributed by atoms with Gasteiger partial charge >= 0.3 is 0 Å². The quantitative estimate of drug-likeness (QED) is 0.713. The van der Waals surface area contributed by atoms with Gasteiger partial charge in [0.2, 0.25) is 5.91 Å². The fourth-order valence-electron chi connectivity index (χ4n) is 1.69. The first kappa shape index (κ1) is 11.0. The van der Waals surface area contributed by atoms with Crippen molar-refractivity contribution in [3.8, 4) is 6.07 Å². The lowest BCUT2D eigenvalue weighted by Crippen LogP contribution is -2.46. The van der Waals surface area contributed by atoms with E-state index >= 15 is 0 Å². The van der Waals surface area contributed by atoms with Crippen LogP contribution in [-0.4, -0.2) is 36.0 Å².